The Morgan fingerprint density at radius 3 is 0.926 bits per heavy atom. The van der Waals surface area contributed by atoms with Gasteiger partial charge in [0.05, 0.1) is 0 Å². The van der Waals surface area contributed by atoms with Gasteiger partial charge in [0.1, 0.15) is 11.2 Å². The number of hydrogen-bond acceptors (Lipinski definition) is 4. The Kier molecular flexibility index (Phi) is 13.5. The van der Waals surface area contributed by atoms with Crippen LogP contribution in [-0.2, 0) is 19.1 Å². The average molecular weight is 385 g/mol. The Morgan fingerprint density at radius 1 is 0.481 bits per heavy atom. The van der Waals surface area contributed by atoms with E-state index >= 15 is 0 Å². The topological polar surface area (TPSA) is 52.6 Å². The Labute approximate surface area is 167 Å². The number of esters is 2. The fourth-order valence-electron chi connectivity index (χ4n) is 2.91. The van der Waals surface area contributed by atoms with Crippen molar-refractivity contribution in [3.05, 3.63) is 0 Å². The maximum absolute atomic E-state index is 11.6. The average Bonchev–Trinajstić information content (AvgIpc) is 2.48. The standard InChI is InChI=1S/C23H44O4/c1-22(2,3)26-20(24)18-16-14-12-10-8-7-9-11-13-15-17-19-21(25)27-23(4,5)6/h7-19H2,1-6H3. The second-order valence-electron chi connectivity index (χ2n) is 9.56. The summed E-state index contributed by atoms with van der Waals surface area (Å²) in [5.74, 6) is -0.150. The first-order valence-corrected chi connectivity index (χ1v) is 10.9. The highest BCUT2D eigenvalue weighted by Crippen LogP contribution is 2.15. The van der Waals surface area contributed by atoms with E-state index in [1.165, 1.54) is 44.9 Å². The summed E-state index contributed by atoms with van der Waals surface area (Å²) in [6, 6.07) is 0. The summed E-state index contributed by atoms with van der Waals surface area (Å²) in [5, 5.41) is 0. The molecular formula is C23H44O4. The second kappa shape index (κ2) is 14.0. The van der Waals surface area contributed by atoms with Gasteiger partial charge in [-0.3, -0.25) is 9.59 Å². The molecule has 0 aromatic carbocycles. The van der Waals surface area contributed by atoms with E-state index in [0.29, 0.717) is 12.8 Å². The lowest BCUT2D eigenvalue weighted by Gasteiger charge is -2.19. The van der Waals surface area contributed by atoms with Gasteiger partial charge >= 0.3 is 11.9 Å². The van der Waals surface area contributed by atoms with Crippen LogP contribution in [0.1, 0.15) is 125 Å². The highest BCUT2D eigenvalue weighted by atomic mass is 16.6. The predicted molar refractivity (Wildman–Crippen MR) is 112 cm³/mol. The fraction of sp³-hybridized carbons (Fsp3) is 0.913. The maximum atomic E-state index is 11.6. The van der Waals surface area contributed by atoms with Crippen LogP contribution < -0.4 is 0 Å². The van der Waals surface area contributed by atoms with E-state index in [1.54, 1.807) is 0 Å². The highest BCUT2D eigenvalue weighted by molar-refractivity contribution is 5.70. The maximum Gasteiger partial charge on any atom is 0.306 e. The van der Waals surface area contributed by atoms with Gasteiger partial charge < -0.3 is 9.47 Å². The molecule has 0 radical (unpaired) electrons. The van der Waals surface area contributed by atoms with Crippen molar-refractivity contribution in [1.82, 2.24) is 0 Å². The minimum Gasteiger partial charge on any atom is -0.460 e. The minimum absolute atomic E-state index is 0.0748. The number of unbranched alkanes of at least 4 members (excludes halogenated alkanes) is 10. The number of carbonyl (C=O) groups is 2. The van der Waals surface area contributed by atoms with Crippen molar-refractivity contribution < 1.29 is 19.1 Å². The Hall–Kier alpha value is -1.06. The Morgan fingerprint density at radius 2 is 0.704 bits per heavy atom. The number of carbonyl (C=O) groups excluding carboxylic acids is 2. The van der Waals surface area contributed by atoms with Crippen molar-refractivity contribution in [3.8, 4) is 0 Å². The molecule has 0 amide bonds. The van der Waals surface area contributed by atoms with E-state index in [9.17, 15) is 9.59 Å². The summed E-state index contributed by atoms with van der Waals surface area (Å²) in [7, 11) is 0. The van der Waals surface area contributed by atoms with Crippen LogP contribution >= 0.6 is 0 Å². The molecular weight excluding hydrogens is 340 g/mol. The van der Waals surface area contributed by atoms with Crippen molar-refractivity contribution in [3.63, 3.8) is 0 Å². The van der Waals surface area contributed by atoms with E-state index < -0.39 is 0 Å². The van der Waals surface area contributed by atoms with Gasteiger partial charge in [-0.25, -0.2) is 0 Å². The molecule has 0 aliphatic carbocycles. The number of ether oxygens (including phenoxy) is 2. The third-order valence-corrected chi connectivity index (χ3v) is 4.10. The van der Waals surface area contributed by atoms with Gasteiger partial charge in [0.2, 0.25) is 0 Å². The van der Waals surface area contributed by atoms with E-state index in [-0.39, 0.29) is 23.1 Å². The molecule has 0 fully saturated rings. The monoisotopic (exact) mass is 384 g/mol. The zero-order valence-electron chi connectivity index (χ0n) is 18.8. The number of hydrogen-bond donors (Lipinski definition) is 0. The molecule has 0 aliphatic rings. The lowest BCUT2D eigenvalue weighted by molar-refractivity contribution is -0.156. The van der Waals surface area contributed by atoms with Gasteiger partial charge in [0.25, 0.3) is 0 Å². The molecule has 4 nitrogen and oxygen atoms in total. The lowest BCUT2D eigenvalue weighted by Crippen LogP contribution is -2.23. The zero-order valence-corrected chi connectivity index (χ0v) is 18.8. The van der Waals surface area contributed by atoms with Crippen LogP contribution in [0.4, 0.5) is 0 Å². The molecule has 0 aromatic heterocycles. The van der Waals surface area contributed by atoms with Gasteiger partial charge in [0.15, 0.2) is 0 Å². The van der Waals surface area contributed by atoms with E-state index in [0.717, 1.165) is 25.7 Å². The second-order valence-corrected chi connectivity index (χ2v) is 9.56. The highest BCUT2D eigenvalue weighted by Gasteiger charge is 2.16. The van der Waals surface area contributed by atoms with Crippen molar-refractivity contribution in [2.45, 2.75) is 136 Å². The number of rotatable bonds is 14. The van der Waals surface area contributed by atoms with E-state index in [4.69, 9.17) is 9.47 Å². The van der Waals surface area contributed by atoms with Crippen molar-refractivity contribution in [1.29, 1.82) is 0 Å². The van der Waals surface area contributed by atoms with Gasteiger partial charge in [-0.1, -0.05) is 57.8 Å². The molecule has 160 valence electrons. The predicted octanol–water partition coefficient (Wildman–Crippen LogP) is 6.74. The molecule has 0 aromatic rings. The molecule has 0 saturated carbocycles. The first-order chi connectivity index (χ1) is 12.5. The van der Waals surface area contributed by atoms with Gasteiger partial charge in [-0.2, -0.15) is 0 Å². The quantitative estimate of drug-likeness (QED) is 0.246. The van der Waals surface area contributed by atoms with Gasteiger partial charge in [-0.15, -0.1) is 0 Å². The molecule has 0 aliphatic heterocycles. The first kappa shape index (κ1) is 25.9. The smallest absolute Gasteiger partial charge is 0.306 e. The summed E-state index contributed by atoms with van der Waals surface area (Å²) < 4.78 is 10.6. The van der Waals surface area contributed by atoms with Crippen LogP contribution in [0.3, 0.4) is 0 Å². The zero-order chi connectivity index (χ0) is 20.8. The summed E-state index contributed by atoms with van der Waals surface area (Å²) >= 11 is 0. The van der Waals surface area contributed by atoms with Crippen LogP contribution in [0.25, 0.3) is 0 Å². The van der Waals surface area contributed by atoms with Gasteiger partial charge in [-0.05, 0) is 54.4 Å². The van der Waals surface area contributed by atoms with Crippen LogP contribution in [0, 0.1) is 0 Å². The molecule has 27 heavy (non-hydrogen) atoms. The van der Waals surface area contributed by atoms with Crippen molar-refractivity contribution >= 4 is 11.9 Å². The Bertz CT molecular complexity index is 364. The van der Waals surface area contributed by atoms with Crippen LogP contribution in [0.15, 0.2) is 0 Å². The van der Waals surface area contributed by atoms with Crippen molar-refractivity contribution in [2.75, 3.05) is 0 Å². The molecule has 0 N–H and O–H groups in total. The summed E-state index contributed by atoms with van der Waals surface area (Å²) in [5.41, 5.74) is -0.736. The van der Waals surface area contributed by atoms with E-state index in [2.05, 4.69) is 0 Å². The van der Waals surface area contributed by atoms with Crippen LogP contribution in [0.5, 0.6) is 0 Å². The third-order valence-electron chi connectivity index (χ3n) is 4.10. The normalized spacial score (nSPS) is 12.1. The summed E-state index contributed by atoms with van der Waals surface area (Å²) in [4.78, 5) is 23.2. The molecule has 0 spiro atoms. The SMILES string of the molecule is CC(C)(C)OC(=O)CCCCCCCCCCCCCC(=O)OC(C)(C)C. The molecule has 0 heterocycles. The molecule has 0 atom stereocenters. The molecule has 0 saturated heterocycles. The molecule has 0 bridgehead atoms. The largest absolute Gasteiger partial charge is 0.460 e. The lowest BCUT2D eigenvalue weighted by atomic mass is 10.0. The van der Waals surface area contributed by atoms with Gasteiger partial charge in [0, 0.05) is 12.8 Å². The molecule has 0 rings (SSSR count). The van der Waals surface area contributed by atoms with E-state index in [1.807, 2.05) is 41.5 Å². The summed E-state index contributed by atoms with van der Waals surface area (Å²) in [6.45, 7) is 11.5. The first-order valence-electron chi connectivity index (χ1n) is 10.9. The molecule has 4 heteroatoms. The Balaban J connectivity index is 3.30. The fourth-order valence-corrected chi connectivity index (χ4v) is 2.91. The minimum atomic E-state index is -0.368. The summed E-state index contributed by atoms with van der Waals surface area (Å²) in [6.07, 6.45) is 14.0. The van der Waals surface area contributed by atoms with Crippen LogP contribution in [0.2, 0.25) is 0 Å². The van der Waals surface area contributed by atoms with Crippen LogP contribution in [-0.4, -0.2) is 23.1 Å². The van der Waals surface area contributed by atoms with Crippen molar-refractivity contribution in [2.24, 2.45) is 0 Å². The molecule has 0 unspecified atom stereocenters. The third kappa shape index (κ3) is 21.1.